The Morgan fingerprint density at radius 2 is 2.14 bits per heavy atom. The van der Waals surface area contributed by atoms with Gasteiger partial charge in [0.05, 0.1) is 17.6 Å². The van der Waals surface area contributed by atoms with Crippen molar-refractivity contribution in [2.75, 3.05) is 11.8 Å². The van der Waals surface area contributed by atoms with E-state index in [0.717, 1.165) is 6.07 Å². The number of H-pyrrole nitrogens is 1. The highest BCUT2D eigenvalue weighted by Crippen LogP contribution is 2.20. The van der Waals surface area contributed by atoms with E-state index in [-0.39, 0.29) is 22.4 Å². The molecule has 0 fully saturated rings. The van der Waals surface area contributed by atoms with Crippen molar-refractivity contribution in [3.63, 3.8) is 0 Å². The second-order valence-electron chi connectivity index (χ2n) is 4.06. The molecule has 0 saturated carbocycles. The molecule has 0 aliphatic heterocycles. The Labute approximate surface area is 120 Å². The van der Waals surface area contributed by atoms with Crippen LogP contribution in [-0.2, 0) is 10.0 Å². The van der Waals surface area contributed by atoms with Crippen molar-refractivity contribution in [3.05, 3.63) is 29.3 Å². The van der Waals surface area contributed by atoms with E-state index in [2.05, 4.69) is 19.9 Å². The summed E-state index contributed by atoms with van der Waals surface area (Å²) in [7, 11) is -2.66. The number of aromatic carboxylic acids is 1. The van der Waals surface area contributed by atoms with E-state index < -0.39 is 16.0 Å². The summed E-state index contributed by atoms with van der Waals surface area (Å²) < 4.78 is 31.4. The molecule has 0 spiro atoms. The number of aromatic amines is 1. The third-order valence-electron chi connectivity index (χ3n) is 2.60. The largest absolute Gasteiger partial charge is 0.478 e. The Kier molecular flexibility index (Phi) is 3.80. The third-order valence-corrected chi connectivity index (χ3v) is 4.08. The van der Waals surface area contributed by atoms with E-state index in [1.807, 2.05) is 0 Å². The van der Waals surface area contributed by atoms with Crippen LogP contribution in [0, 0.1) is 6.92 Å². The average molecular weight is 312 g/mol. The molecule has 0 bridgehead atoms. The van der Waals surface area contributed by atoms with Gasteiger partial charge in [-0.3, -0.25) is 0 Å². The lowest BCUT2D eigenvalue weighted by molar-refractivity contribution is 0.0696. The minimum absolute atomic E-state index is 0.0243. The molecule has 0 saturated heterocycles. The number of ether oxygens (including phenoxy) is 1. The van der Waals surface area contributed by atoms with Crippen LogP contribution in [0.25, 0.3) is 0 Å². The molecule has 2 aromatic rings. The SMILES string of the molecule is COc1n[nH]c(NS(=O)(=O)c2cc(C(=O)O)ccc2C)n1. The number of carboxylic acids is 1. The number of rotatable bonds is 5. The lowest BCUT2D eigenvalue weighted by Crippen LogP contribution is -2.16. The highest BCUT2D eigenvalue weighted by molar-refractivity contribution is 7.92. The Balaban J connectivity index is 2.39. The van der Waals surface area contributed by atoms with E-state index in [0.29, 0.717) is 5.56 Å². The molecule has 0 radical (unpaired) electrons. The van der Waals surface area contributed by atoms with Crippen LogP contribution in [0.5, 0.6) is 6.01 Å². The number of nitrogens with zero attached hydrogens (tertiary/aromatic N) is 2. The van der Waals surface area contributed by atoms with Crippen molar-refractivity contribution in [2.45, 2.75) is 11.8 Å². The van der Waals surface area contributed by atoms with Crippen molar-refractivity contribution in [1.29, 1.82) is 0 Å². The highest BCUT2D eigenvalue weighted by atomic mass is 32.2. The number of hydrogen-bond donors (Lipinski definition) is 3. The molecular weight excluding hydrogens is 300 g/mol. The summed E-state index contributed by atoms with van der Waals surface area (Å²) in [5.41, 5.74) is 0.273. The quantitative estimate of drug-likeness (QED) is 0.736. The summed E-state index contributed by atoms with van der Waals surface area (Å²) in [6, 6.07) is 3.80. The second kappa shape index (κ2) is 5.40. The fourth-order valence-corrected chi connectivity index (χ4v) is 2.82. The molecule has 9 nitrogen and oxygen atoms in total. The van der Waals surface area contributed by atoms with Crippen LogP contribution in [0.1, 0.15) is 15.9 Å². The first kappa shape index (κ1) is 14.8. The topological polar surface area (TPSA) is 134 Å². The van der Waals surface area contributed by atoms with Crippen LogP contribution in [0.3, 0.4) is 0 Å². The zero-order valence-corrected chi connectivity index (χ0v) is 11.9. The molecule has 112 valence electrons. The number of carboxylic acid groups (broad SMARTS) is 1. The van der Waals surface area contributed by atoms with Gasteiger partial charge in [-0.15, -0.1) is 5.10 Å². The van der Waals surface area contributed by atoms with Crippen molar-refractivity contribution >= 4 is 21.9 Å². The predicted octanol–water partition coefficient (Wildman–Crippen LogP) is 0.621. The summed E-state index contributed by atoms with van der Waals surface area (Å²) in [5, 5.41) is 14.9. The van der Waals surface area contributed by atoms with Crippen LogP contribution in [0.4, 0.5) is 5.95 Å². The number of methoxy groups -OCH3 is 1. The number of carbonyl (C=O) groups is 1. The molecule has 10 heteroatoms. The van der Waals surface area contributed by atoms with Gasteiger partial charge in [0.2, 0.25) is 5.95 Å². The molecule has 1 aromatic heterocycles. The number of nitrogens with one attached hydrogen (secondary N) is 2. The number of anilines is 1. The minimum Gasteiger partial charge on any atom is -0.478 e. The molecule has 0 atom stereocenters. The summed E-state index contributed by atoms with van der Waals surface area (Å²) in [6.07, 6.45) is 0. The van der Waals surface area contributed by atoms with Gasteiger partial charge in [-0.25, -0.2) is 23.0 Å². The molecule has 1 aromatic carbocycles. The molecule has 0 aliphatic carbocycles. The van der Waals surface area contributed by atoms with Gasteiger partial charge in [-0.1, -0.05) is 6.07 Å². The maximum absolute atomic E-state index is 12.3. The summed E-state index contributed by atoms with van der Waals surface area (Å²) in [5.74, 6) is -1.35. The number of aromatic nitrogens is 3. The van der Waals surface area contributed by atoms with Crippen LogP contribution in [0.15, 0.2) is 23.1 Å². The summed E-state index contributed by atoms with van der Waals surface area (Å²) in [4.78, 5) is 14.5. The monoisotopic (exact) mass is 312 g/mol. The van der Waals surface area contributed by atoms with Gasteiger partial charge in [0.1, 0.15) is 0 Å². The number of hydrogen-bond acceptors (Lipinski definition) is 6. The van der Waals surface area contributed by atoms with Gasteiger partial charge in [0, 0.05) is 0 Å². The molecule has 21 heavy (non-hydrogen) atoms. The number of aryl methyl sites for hydroxylation is 1. The van der Waals surface area contributed by atoms with Gasteiger partial charge in [-0.2, -0.15) is 4.98 Å². The molecule has 1 heterocycles. The number of sulfonamides is 1. The van der Waals surface area contributed by atoms with Crippen LogP contribution >= 0.6 is 0 Å². The lowest BCUT2D eigenvalue weighted by atomic mass is 10.1. The normalized spacial score (nSPS) is 11.1. The average Bonchev–Trinajstić information content (AvgIpc) is 2.85. The first-order chi connectivity index (χ1) is 9.83. The van der Waals surface area contributed by atoms with Crippen molar-refractivity contribution in [2.24, 2.45) is 0 Å². The van der Waals surface area contributed by atoms with Gasteiger partial charge in [0.25, 0.3) is 10.0 Å². The van der Waals surface area contributed by atoms with Gasteiger partial charge >= 0.3 is 12.0 Å². The van der Waals surface area contributed by atoms with Gasteiger partial charge < -0.3 is 9.84 Å². The Morgan fingerprint density at radius 3 is 2.71 bits per heavy atom. The zero-order valence-electron chi connectivity index (χ0n) is 11.1. The van der Waals surface area contributed by atoms with Gasteiger partial charge in [-0.05, 0) is 24.6 Å². The molecule has 3 N–H and O–H groups in total. The number of benzene rings is 1. The molecule has 0 amide bonds. The van der Waals surface area contributed by atoms with E-state index >= 15 is 0 Å². The van der Waals surface area contributed by atoms with Crippen LogP contribution < -0.4 is 9.46 Å². The molecular formula is C11H12N4O5S. The standard InChI is InChI=1S/C11H12N4O5S/c1-6-3-4-7(9(16)17)5-8(6)21(18,19)15-10-12-11(20-2)14-13-10/h3-5H,1-2H3,(H,16,17)(H2,12,13,14,15). The second-order valence-corrected chi connectivity index (χ2v) is 5.71. The fourth-order valence-electron chi connectivity index (χ4n) is 1.59. The smallest absolute Gasteiger partial charge is 0.336 e. The predicted molar refractivity (Wildman–Crippen MR) is 71.9 cm³/mol. The van der Waals surface area contributed by atoms with E-state index in [4.69, 9.17) is 9.84 Å². The van der Waals surface area contributed by atoms with Crippen molar-refractivity contribution in [1.82, 2.24) is 15.2 Å². The first-order valence-electron chi connectivity index (χ1n) is 5.66. The van der Waals surface area contributed by atoms with E-state index in [1.54, 1.807) is 6.92 Å². The Morgan fingerprint density at radius 1 is 1.43 bits per heavy atom. The van der Waals surface area contributed by atoms with Gasteiger partial charge in [0.15, 0.2) is 0 Å². The van der Waals surface area contributed by atoms with Crippen molar-refractivity contribution < 1.29 is 23.1 Å². The van der Waals surface area contributed by atoms with Crippen LogP contribution in [-0.4, -0.2) is 41.8 Å². The Bertz CT molecular complexity index is 784. The highest BCUT2D eigenvalue weighted by Gasteiger charge is 2.20. The summed E-state index contributed by atoms with van der Waals surface area (Å²) >= 11 is 0. The fraction of sp³-hybridized carbons (Fsp3) is 0.182. The molecule has 0 unspecified atom stereocenters. The van der Waals surface area contributed by atoms with E-state index in [1.165, 1.54) is 19.2 Å². The minimum atomic E-state index is -4.00. The maximum Gasteiger partial charge on any atom is 0.336 e. The first-order valence-corrected chi connectivity index (χ1v) is 7.15. The van der Waals surface area contributed by atoms with Crippen molar-refractivity contribution in [3.8, 4) is 6.01 Å². The Hall–Kier alpha value is -2.62. The maximum atomic E-state index is 12.3. The molecule has 2 rings (SSSR count). The lowest BCUT2D eigenvalue weighted by Gasteiger charge is -2.08. The van der Waals surface area contributed by atoms with Crippen LogP contribution in [0.2, 0.25) is 0 Å². The zero-order chi connectivity index (χ0) is 15.6. The molecule has 0 aliphatic rings. The van der Waals surface area contributed by atoms with E-state index in [9.17, 15) is 13.2 Å². The third kappa shape index (κ3) is 3.11. The summed E-state index contributed by atoms with van der Waals surface area (Å²) in [6.45, 7) is 1.56.